The Bertz CT molecular complexity index is 698. The smallest absolute Gasteiger partial charge is 0.136 e. The van der Waals surface area contributed by atoms with Crippen LogP contribution in [0.25, 0.3) is 21.8 Å². The molecule has 0 unspecified atom stereocenters. The molecule has 16 heavy (non-hydrogen) atoms. The summed E-state index contributed by atoms with van der Waals surface area (Å²) in [7, 11) is 0. The van der Waals surface area contributed by atoms with Crippen molar-refractivity contribution in [2.45, 2.75) is 6.92 Å². The van der Waals surface area contributed by atoms with Crippen molar-refractivity contribution in [3.8, 4) is 0 Å². The van der Waals surface area contributed by atoms with Crippen LogP contribution in [0.1, 0.15) is 5.56 Å². The molecule has 0 aliphatic rings. The van der Waals surface area contributed by atoms with E-state index in [4.69, 9.17) is 0 Å². The zero-order chi connectivity index (χ0) is 11.3. The SMILES string of the molecule is Cc1ccc2c(c1)[nH]c1cc(F)cc(F)c12. The van der Waals surface area contributed by atoms with E-state index in [-0.39, 0.29) is 0 Å². The molecule has 3 aromatic rings. The number of H-pyrrole nitrogens is 1. The van der Waals surface area contributed by atoms with E-state index in [0.717, 1.165) is 22.5 Å². The van der Waals surface area contributed by atoms with Gasteiger partial charge in [0.15, 0.2) is 0 Å². The first-order chi connectivity index (χ1) is 7.65. The van der Waals surface area contributed by atoms with Crippen LogP contribution in [0.5, 0.6) is 0 Å². The molecule has 0 saturated heterocycles. The number of rotatable bonds is 0. The van der Waals surface area contributed by atoms with Gasteiger partial charge in [0.1, 0.15) is 11.6 Å². The van der Waals surface area contributed by atoms with Gasteiger partial charge in [-0.1, -0.05) is 12.1 Å². The number of aromatic nitrogens is 1. The fourth-order valence-corrected chi connectivity index (χ4v) is 2.07. The van der Waals surface area contributed by atoms with Crippen molar-refractivity contribution in [2.75, 3.05) is 0 Å². The topological polar surface area (TPSA) is 15.8 Å². The summed E-state index contributed by atoms with van der Waals surface area (Å²) >= 11 is 0. The zero-order valence-corrected chi connectivity index (χ0v) is 8.64. The maximum absolute atomic E-state index is 13.7. The number of fused-ring (bicyclic) bond motifs is 3. The molecule has 0 atom stereocenters. The second-order valence-electron chi connectivity index (χ2n) is 3.98. The molecule has 1 N–H and O–H groups in total. The van der Waals surface area contributed by atoms with E-state index in [1.54, 1.807) is 0 Å². The van der Waals surface area contributed by atoms with Gasteiger partial charge in [-0.05, 0) is 24.6 Å². The van der Waals surface area contributed by atoms with Crippen LogP contribution in [0, 0.1) is 18.6 Å². The van der Waals surface area contributed by atoms with E-state index in [9.17, 15) is 8.78 Å². The van der Waals surface area contributed by atoms with Crippen LogP contribution in [0.4, 0.5) is 8.78 Å². The number of hydrogen-bond donors (Lipinski definition) is 1. The Morgan fingerprint density at radius 3 is 2.62 bits per heavy atom. The summed E-state index contributed by atoms with van der Waals surface area (Å²) in [5.74, 6) is -1.08. The summed E-state index contributed by atoms with van der Waals surface area (Å²) in [6, 6.07) is 7.92. The van der Waals surface area contributed by atoms with E-state index < -0.39 is 11.6 Å². The molecule has 2 aromatic carbocycles. The number of benzene rings is 2. The van der Waals surface area contributed by atoms with Gasteiger partial charge in [-0.15, -0.1) is 0 Å². The van der Waals surface area contributed by atoms with Crippen LogP contribution in [0.3, 0.4) is 0 Å². The molecule has 0 radical (unpaired) electrons. The molecule has 0 bridgehead atoms. The van der Waals surface area contributed by atoms with Crippen LogP contribution < -0.4 is 0 Å². The van der Waals surface area contributed by atoms with E-state index in [1.165, 1.54) is 6.07 Å². The minimum atomic E-state index is -0.562. The van der Waals surface area contributed by atoms with Crippen LogP contribution in [0.2, 0.25) is 0 Å². The molecule has 0 aliphatic carbocycles. The van der Waals surface area contributed by atoms with Gasteiger partial charge in [0, 0.05) is 22.4 Å². The predicted molar refractivity (Wildman–Crippen MR) is 60.5 cm³/mol. The molecule has 1 nitrogen and oxygen atoms in total. The molecule has 80 valence electrons. The average molecular weight is 217 g/mol. The highest BCUT2D eigenvalue weighted by Gasteiger charge is 2.10. The quantitative estimate of drug-likeness (QED) is 0.587. The highest BCUT2D eigenvalue weighted by atomic mass is 19.1. The lowest BCUT2D eigenvalue weighted by atomic mass is 10.1. The summed E-state index contributed by atoms with van der Waals surface area (Å²) in [5.41, 5.74) is 2.41. The lowest BCUT2D eigenvalue weighted by Gasteiger charge is -1.95. The van der Waals surface area contributed by atoms with Crippen molar-refractivity contribution in [3.05, 3.63) is 47.5 Å². The monoisotopic (exact) mass is 217 g/mol. The summed E-state index contributed by atoms with van der Waals surface area (Å²) in [4.78, 5) is 3.02. The Hall–Kier alpha value is -1.90. The van der Waals surface area contributed by atoms with Crippen LogP contribution in [0.15, 0.2) is 30.3 Å². The standard InChI is InChI=1S/C13H9F2N/c1-7-2-3-9-11(4-7)16-12-6-8(14)5-10(15)13(9)12/h2-6,16H,1H3. The number of aryl methyl sites for hydroxylation is 1. The van der Waals surface area contributed by atoms with Crippen LogP contribution in [-0.2, 0) is 0 Å². The van der Waals surface area contributed by atoms with E-state index in [1.807, 2.05) is 25.1 Å². The van der Waals surface area contributed by atoms with E-state index >= 15 is 0 Å². The third kappa shape index (κ3) is 1.21. The Kier molecular flexibility index (Phi) is 1.78. The Balaban J connectivity index is 2.56. The molecule has 3 rings (SSSR count). The molecular weight excluding hydrogens is 208 g/mol. The van der Waals surface area contributed by atoms with Gasteiger partial charge in [-0.25, -0.2) is 8.78 Å². The first kappa shape index (κ1) is 9.33. The minimum Gasteiger partial charge on any atom is -0.354 e. The van der Waals surface area contributed by atoms with Gasteiger partial charge in [-0.3, -0.25) is 0 Å². The average Bonchev–Trinajstić information content (AvgIpc) is 2.54. The minimum absolute atomic E-state index is 0.455. The molecule has 0 saturated carbocycles. The van der Waals surface area contributed by atoms with Crippen molar-refractivity contribution < 1.29 is 8.78 Å². The Labute approximate surface area is 90.7 Å². The number of nitrogens with one attached hydrogen (secondary N) is 1. The zero-order valence-electron chi connectivity index (χ0n) is 8.64. The molecule has 3 heteroatoms. The second kappa shape index (κ2) is 3.04. The first-order valence-electron chi connectivity index (χ1n) is 5.02. The van der Waals surface area contributed by atoms with Gasteiger partial charge >= 0.3 is 0 Å². The number of aromatic amines is 1. The molecule has 0 aliphatic heterocycles. The van der Waals surface area contributed by atoms with E-state index in [2.05, 4.69) is 4.98 Å². The van der Waals surface area contributed by atoms with Crippen molar-refractivity contribution in [1.82, 2.24) is 4.98 Å². The van der Waals surface area contributed by atoms with Crippen molar-refractivity contribution >= 4 is 21.8 Å². The van der Waals surface area contributed by atoms with Crippen molar-refractivity contribution in [3.63, 3.8) is 0 Å². The third-order valence-electron chi connectivity index (χ3n) is 2.77. The molecule has 0 fully saturated rings. The number of hydrogen-bond acceptors (Lipinski definition) is 0. The lowest BCUT2D eigenvalue weighted by Crippen LogP contribution is -1.80. The van der Waals surface area contributed by atoms with Crippen molar-refractivity contribution in [1.29, 1.82) is 0 Å². The Morgan fingerprint density at radius 2 is 1.81 bits per heavy atom. The Morgan fingerprint density at radius 1 is 1.00 bits per heavy atom. The summed E-state index contributed by atoms with van der Waals surface area (Å²) in [6.45, 7) is 1.96. The second-order valence-corrected chi connectivity index (χ2v) is 3.98. The van der Waals surface area contributed by atoms with Gasteiger partial charge in [0.25, 0.3) is 0 Å². The maximum Gasteiger partial charge on any atom is 0.136 e. The van der Waals surface area contributed by atoms with Crippen LogP contribution >= 0.6 is 0 Å². The molecule has 1 aromatic heterocycles. The third-order valence-corrected chi connectivity index (χ3v) is 2.77. The summed E-state index contributed by atoms with van der Waals surface area (Å²) < 4.78 is 26.7. The maximum atomic E-state index is 13.7. The normalized spacial score (nSPS) is 11.4. The van der Waals surface area contributed by atoms with Gasteiger partial charge < -0.3 is 4.98 Å². The molecule has 1 heterocycles. The first-order valence-corrected chi connectivity index (χ1v) is 5.02. The molecular formula is C13H9F2N. The largest absolute Gasteiger partial charge is 0.354 e. The number of halogens is 2. The van der Waals surface area contributed by atoms with Gasteiger partial charge in [-0.2, -0.15) is 0 Å². The predicted octanol–water partition coefficient (Wildman–Crippen LogP) is 3.91. The lowest BCUT2D eigenvalue weighted by molar-refractivity contribution is 0.592. The fraction of sp³-hybridized carbons (Fsp3) is 0.0769. The van der Waals surface area contributed by atoms with Gasteiger partial charge in [0.05, 0.1) is 5.52 Å². The van der Waals surface area contributed by atoms with Crippen molar-refractivity contribution in [2.24, 2.45) is 0 Å². The fourth-order valence-electron chi connectivity index (χ4n) is 2.07. The summed E-state index contributed by atoms with van der Waals surface area (Å²) in [6.07, 6.45) is 0. The highest BCUT2D eigenvalue weighted by molar-refractivity contribution is 6.07. The molecule has 0 spiro atoms. The van der Waals surface area contributed by atoms with Crippen LogP contribution in [-0.4, -0.2) is 4.98 Å². The van der Waals surface area contributed by atoms with Gasteiger partial charge in [0.2, 0.25) is 0 Å². The summed E-state index contributed by atoms with van der Waals surface area (Å²) in [5, 5.41) is 1.24. The van der Waals surface area contributed by atoms with E-state index in [0.29, 0.717) is 10.9 Å². The highest BCUT2D eigenvalue weighted by Crippen LogP contribution is 2.28. The molecule has 0 amide bonds.